The number of aromatic hydroxyl groups is 2. The molecule has 3 nitrogen and oxygen atoms in total. The Bertz CT molecular complexity index is 354. The van der Waals surface area contributed by atoms with Crippen molar-refractivity contribution in [2.75, 3.05) is 6.54 Å². The van der Waals surface area contributed by atoms with Crippen molar-refractivity contribution in [1.29, 1.82) is 0 Å². The maximum Gasteiger partial charge on any atom is 0.119 e. The van der Waals surface area contributed by atoms with E-state index in [1.54, 1.807) is 12.1 Å². The van der Waals surface area contributed by atoms with E-state index >= 15 is 0 Å². The molecular formula is C14H21NO2. The van der Waals surface area contributed by atoms with E-state index in [0.29, 0.717) is 0 Å². The van der Waals surface area contributed by atoms with E-state index in [0.717, 1.165) is 18.0 Å². The number of phenols is 2. The zero-order valence-corrected chi connectivity index (χ0v) is 10.3. The first kappa shape index (κ1) is 12.2. The second kappa shape index (κ2) is 5.41. The number of rotatable bonds is 5. The van der Waals surface area contributed by atoms with Crippen LogP contribution in [0.2, 0.25) is 0 Å². The second-order valence-corrected chi connectivity index (χ2v) is 5.04. The fourth-order valence-corrected chi connectivity index (χ4v) is 2.27. The highest BCUT2D eigenvalue weighted by Crippen LogP contribution is 2.29. The zero-order chi connectivity index (χ0) is 12.3. The Balaban J connectivity index is 1.83. The molecule has 3 N–H and O–H groups in total. The second-order valence-electron chi connectivity index (χ2n) is 5.04. The highest BCUT2D eigenvalue weighted by Gasteiger charge is 2.17. The molecule has 0 bridgehead atoms. The summed E-state index contributed by atoms with van der Waals surface area (Å²) in [5.74, 6) is 1.15. The largest absolute Gasteiger partial charge is 0.508 e. The minimum absolute atomic E-state index is 0.118. The smallest absolute Gasteiger partial charge is 0.119 e. The predicted molar refractivity (Wildman–Crippen MR) is 68.1 cm³/mol. The van der Waals surface area contributed by atoms with Gasteiger partial charge in [0.05, 0.1) is 0 Å². The molecule has 0 amide bonds. The Kier molecular flexibility index (Phi) is 3.89. The van der Waals surface area contributed by atoms with Gasteiger partial charge in [0.2, 0.25) is 0 Å². The number of benzene rings is 1. The average molecular weight is 235 g/mol. The molecule has 0 spiro atoms. The van der Waals surface area contributed by atoms with Crippen molar-refractivity contribution in [3.8, 4) is 11.5 Å². The van der Waals surface area contributed by atoms with Crippen LogP contribution in [0.15, 0.2) is 18.2 Å². The van der Waals surface area contributed by atoms with Crippen LogP contribution in [0.3, 0.4) is 0 Å². The minimum atomic E-state index is 0.118. The van der Waals surface area contributed by atoms with Gasteiger partial charge in [0, 0.05) is 12.1 Å². The standard InChI is InChI=1S/C14H21NO2/c1-10(15-6-5-11-3-2-4-11)12-7-13(16)9-14(17)8-12/h7-11,15-17H,2-6H2,1H3. The highest BCUT2D eigenvalue weighted by atomic mass is 16.3. The minimum Gasteiger partial charge on any atom is -0.508 e. The molecule has 1 unspecified atom stereocenters. The fraction of sp³-hybridized carbons (Fsp3) is 0.571. The van der Waals surface area contributed by atoms with Gasteiger partial charge in [0.25, 0.3) is 0 Å². The molecule has 0 aliphatic heterocycles. The average Bonchev–Trinajstić information content (AvgIpc) is 2.20. The lowest BCUT2D eigenvalue weighted by atomic mass is 9.83. The van der Waals surface area contributed by atoms with E-state index in [-0.39, 0.29) is 17.5 Å². The van der Waals surface area contributed by atoms with Gasteiger partial charge in [-0.1, -0.05) is 19.3 Å². The summed E-state index contributed by atoms with van der Waals surface area (Å²) in [6.45, 7) is 3.05. The third kappa shape index (κ3) is 3.37. The van der Waals surface area contributed by atoms with Gasteiger partial charge in [-0.3, -0.25) is 0 Å². The van der Waals surface area contributed by atoms with E-state index in [1.807, 2.05) is 0 Å². The van der Waals surface area contributed by atoms with Crippen LogP contribution in [0.25, 0.3) is 0 Å². The van der Waals surface area contributed by atoms with Gasteiger partial charge in [-0.05, 0) is 43.5 Å². The summed E-state index contributed by atoms with van der Waals surface area (Å²) in [5.41, 5.74) is 0.927. The molecule has 1 fully saturated rings. The van der Waals surface area contributed by atoms with E-state index in [4.69, 9.17) is 0 Å². The summed E-state index contributed by atoms with van der Waals surface area (Å²) < 4.78 is 0. The first-order valence-electron chi connectivity index (χ1n) is 6.41. The van der Waals surface area contributed by atoms with Crippen LogP contribution in [0.4, 0.5) is 0 Å². The van der Waals surface area contributed by atoms with Crippen LogP contribution >= 0.6 is 0 Å². The lowest BCUT2D eigenvalue weighted by Crippen LogP contribution is -2.24. The van der Waals surface area contributed by atoms with Crippen molar-refractivity contribution in [3.63, 3.8) is 0 Å². The van der Waals surface area contributed by atoms with Gasteiger partial charge >= 0.3 is 0 Å². The van der Waals surface area contributed by atoms with Crippen LogP contribution < -0.4 is 5.32 Å². The van der Waals surface area contributed by atoms with Crippen LogP contribution in [0.5, 0.6) is 11.5 Å². The summed E-state index contributed by atoms with van der Waals surface area (Å²) >= 11 is 0. The first-order valence-corrected chi connectivity index (χ1v) is 6.41. The molecule has 2 rings (SSSR count). The summed E-state index contributed by atoms with van der Waals surface area (Å²) in [5, 5.41) is 22.3. The van der Waals surface area contributed by atoms with Crippen molar-refractivity contribution in [2.45, 2.75) is 38.6 Å². The summed E-state index contributed by atoms with van der Waals surface area (Å²) in [4.78, 5) is 0. The molecule has 0 aromatic heterocycles. The molecule has 3 heteroatoms. The Hall–Kier alpha value is -1.22. The van der Waals surface area contributed by atoms with Crippen LogP contribution in [-0.4, -0.2) is 16.8 Å². The maximum absolute atomic E-state index is 9.42. The molecule has 1 aliphatic rings. The molecule has 94 valence electrons. The molecule has 1 aliphatic carbocycles. The van der Waals surface area contributed by atoms with Gasteiger partial charge in [0.1, 0.15) is 11.5 Å². The van der Waals surface area contributed by atoms with Gasteiger partial charge in [0.15, 0.2) is 0 Å². The zero-order valence-electron chi connectivity index (χ0n) is 10.3. The number of phenolic OH excluding ortho intramolecular Hbond substituents is 2. The third-order valence-corrected chi connectivity index (χ3v) is 3.65. The molecule has 0 heterocycles. The fourth-order valence-electron chi connectivity index (χ4n) is 2.27. The summed E-state index contributed by atoms with van der Waals surface area (Å²) in [6, 6.07) is 4.90. The number of hydrogen-bond donors (Lipinski definition) is 3. The summed E-state index contributed by atoms with van der Waals surface area (Å²) in [6.07, 6.45) is 5.38. The van der Waals surface area contributed by atoms with Gasteiger partial charge in [-0.15, -0.1) is 0 Å². The van der Waals surface area contributed by atoms with Crippen molar-refractivity contribution < 1.29 is 10.2 Å². The lowest BCUT2D eigenvalue weighted by molar-refractivity contribution is 0.288. The maximum atomic E-state index is 9.42. The van der Waals surface area contributed by atoms with Gasteiger partial charge in [-0.25, -0.2) is 0 Å². The van der Waals surface area contributed by atoms with Crippen molar-refractivity contribution in [3.05, 3.63) is 23.8 Å². The predicted octanol–water partition coefficient (Wildman–Crippen LogP) is 2.94. The SMILES string of the molecule is CC(NCCC1CCC1)c1cc(O)cc(O)c1. The van der Waals surface area contributed by atoms with E-state index < -0.39 is 0 Å². The van der Waals surface area contributed by atoms with Crippen molar-refractivity contribution >= 4 is 0 Å². The first-order chi connectivity index (χ1) is 8.15. The molecule has 1 aromatic carbocycles. The molecule has 1 atom stereocenters. The van der Waals surface area contributed by atoms with Crippen LogP contribution in [0.1, 0.15) is 44.2 Å². The van der Waals surface area contributed by atoms with E-state index in [2.05, 4.69) is 12.2 Å². The highest BCUT2D eigenvalue weighted by molar-refractivity contribution is 5.37. The quantitative estimate of drug-likeness (QED) is 0.735. The Morgan fingerprint density at radius 1 is 1.24 bits per heavy atom. The van der Waals surface area contributed by atoms with Gasteiger partial charge in [-0.2, -0.15) is 0 Å². The Morgan fingerprint density at radius 2 is 1.88 bits per heavy atom. The molecule has 0 saturated heterocycles. The molecule has 1 saturated carbocycles. The van der Waals surface area contributed by atoms with Crippen LogP contribution in [0, 0.1) is 5.92 Å². The number of hydrogen-bond acceptors (Lipinski definition) is 3. The Morgan fingerprint density at radius 3 is 2.41 bits per heavy atom. The normalized spacial score (nSPS) is 17.7. The topological polar surface area (TPSA) is 52.5 Å². The number of nitrogens with one attached hydrogen (secondary N) is 1. The van der Waals surface area contributed by atoms with E-state index in [1.165, 1.54) is 31.7 Å². The monoisotopic (exact) mass is 235 g/mol. The van der Waals surface area contributed by atoms with Crippen molar-refractivity contribution in [2.24, 2.45) is 5.92 Å². The van der Waals surface area contributed by atoms with Gasteiger partial charge < -0.3 is 15.5 Å². The van der Waals surface area contributed by atoms with E-state index in [9.17, 15) is 10.2 Å². The van der Waals surface area contributed by atoms with Crippen LogP contribution in [-0.2, 0) is 0 Å². The molecule has 1 aromatic rings. The Labute approximate surface area is 102 Å². The third-order valence-electron chi connectivity index (χ3n) is 3.65. The molecule has 17 heavy (non-hydrogen) atoms. The molecular weight excluding hydrogens is 214 g/mol. The molecule has 0 radical (unpaired) electrons. The van der Waals surface area contributed by atoms with Crippen molar-refractivity contribution in [1.82, 2.24) is 5.32 Å². The lowest BCUT2D eigenvalue weighted by Gasteiger charge is -2.26. The summed E-state index contributed by atoms with van der Waals surface area (Å²) in [7, 11) is 0.